The number of carbonyl (C=O) groups is 1. The van der Waals surface area contributed by atoms with Crippen LogP contribution in [0.15, 0.2) is 30.3 Å². The molecule has 1 aromatic carbocycles. The van der Waals surface area contributed by atoms with Crippen LogP contribution in [-0.2, 0) is 15.3 Å². The quantitative estimate of drug-likeness (QED) is 0.784. The Morgan fingerprint density at radius 1 is 1.43 bits per heavy atom. The van der Waals surface area contributed by atoms with Crippen molar-refractivity contribution in [2.45, 2.75) is 49.1 Å². The molecule has 1 aliphatic carbocycles. The highest BCUT2D eigenvalue weighted by molar-refractivity contribution is 7.99. The van der Waals surface area contributed by atoms with Crippen LogP contribution in [0.5, 0.6) is 0 Å². The van der Waals surface area contributed by atoms with Crippen molar-refractivity contribution in [3.05, 3.63) is 35.9 Å². The summed E-state index contributed by atoms with van der Waals surface area (Å²) in [5, 5.41) is 3.96. The zero-order valence-electron chi connectivity index (χ0n) is 12.9. The lowest BCUT2D eigenvalue weighted by atomic mass is 9.97. The second kappa shape index (κ2) is 7.85. The third-order valence-electron chi connectivity index (χ3n) is 4.09. The molecule has 4 heteroatoms. The third-order valence-corrected chi connectivity index (χ3v) is 5.46. The van der Waals surface area contributed by atoms with Gasteiger partial charge in [0.1, 0.15) is 5.54 Å². The highest BCUT2D eigenvalue weighted by Gasteiger charge is 2.45. The highest BCUT2D eigenvalue weighted by Crippen LogP contribution is 2.39. The average molecular weight is 307 g/mol. The maximum atomic E-state index is 12.2. The molecule has 1 aromatic rings. The van der Waals surface area contributed by atoms with E-state index in [1.807, 2.05) is 17.8 Å². The molecule has 0 aromatic heterocycles. The van der Waals surface area contributed by atoms with Crippen LogP contribution in [0.3, 0.4) is 0 Å². The van der Waals surface area contributed by atoms with Crippen molar-refractivity contribution in [2.75, 3.05) is 13.7 Å². The van der Waals surface area contributed by atoms with Gasteiger partial charge in [-0.25, -0.2) is 0 Å². The summed E-state index contributed by atoms with van der Waals surface area (Å²) in [5.41, 5.74) is 0.888. The number of rotatable bonds is 7. The molecule has 1 N–H and O–H groups in total. The number of nitrogens with one attached hydrogen (secondary N) is 1. The zero-order chi connectivity index (χ0) is 15.1. The average Bonchev–Trinajstić information content (AvgIpc) is 2.96. The van der Waals surface area contributed by atoms with Crippen LogP contribution in [0.4, 0.5) is 0 Å². The Morgan fingerprint density at radius 3 is 2.86 bits per heavy atom. The fourth-order valence-corrected chi connectivity index (χ4v) is 4.22. The van der Waals surface area contributed by atoms with Gasteiger partial charge < -0.3 is 10.1 Å². The standard InChI is InChI=1S/C17H25NO2S/c1-3-11-18-17(16(19)20-2)10-9-15(12-17)21-13-14-7-5-4-6-8-14/h4-8,15,18H,3,9-13H2,1-2H3. The molecular weight excluding hydrogens is 282 g/mol. The molecule has 0 radical (unpaired) electrons. The Kier molecular flexibility index (Phi) is 6.12. The Hall–Kier alpha value is -1.00. The van der Waals surface area contributed by atoms with Crippen molar-refractivity contribution in [3.63, 3.8) is 0 Å². The smallest absolute Gasteiger partial charge is 0.326 e. The second-order valence-electron chi connectivity index (χ2n) is 5.66. The van der Waals surface area contributed by atoms with Crippen LogP contribution in [0.25, 0.3) is 0 Å². The number of ether oxygens (including phenoxy) is 1. The fraction of sp³-hybridized carbons (Fsp3) is 0.588. The van der Waals surface area contributed by atoms with Gasteiger partial charge in [0, 0.05) is 11.0 Å². The predicted molar refractivity (Wildman–Crippen MR) is 88.4 cm³/mol. The number of benzene rings is 1. The summed E-state index contributed by atoms with van der Waals surface area (Å²) in [6.45, 7) is 2.99. The van der Waals surface area contributed by atoms with Crippen LogP contribution in [0.1, 0.15) is 38.2 Å². The van der Waals surface area contributed by atoms with E-state index < -0.39 is 5.54 Å². The zero-order valence-corrected chi connectivity index (χ0v) is 13.7. The lowest BCUT2D eigenvalue weighted by molar-refractivity contribution is -0.148. The summed E-state index contributed by atoms with van der Waals surface area (Å²) in [6, 6.07) is 10.5. The maximum absolute atomic E-state index is 12.2. The molecule has 0 aliphatic heterocycles. The van der Waals surface area contributed by atoms with Gasteiger partial charge in [-0.1, -0.05) is 37.3 Å². The summed E-state index contributed by atoms with van der Waals surface area (Å²) in [6.07, 6.45) is 3.85. The monoisotopic (exact) mass is 307 g/mol. The highest BCUT2D eigenvalue weighted by atomic mass is 32.2. The van der Waals surface area contributed by atoms with Crippen LogP contribution in [0.2, 0.25) is 0 Å². The van der Waals surface area contributed by atoms with Gasteiger partial charge in [0.15, 0.2) is 0 Å². The predicted octanol–water partition coefficient (Wildman–Crippen LogP) is 3.38. The SMILES string of the molecule is CCCNC1(C(=O)OC)CCC(SCc2ccccc2)C1. The Balaban J connectivity index is 1.91. The Labute approximate surface area is 131 Å². The fourth-order valence-electron chi connectivity index (χ4n) is 2.91. The first kappa shape index (κ1) is 16.4. The summed E-state index contributed by atoms with van der Waals surface area (Å²) in [4.78, 5) is 12.2. The van der Waals surface area contributed by atoms with Crippen molar-refractivity contribution >= 4 is 17.7 Å². The largest absolute Gasteiger partial charge is 0.468 e. The van der Waals surface area contributed by atoms with Gasteiger partial charge in [-0.15, -0.1) is 0 Å². The molecule has 2 atom stereocenters. The normalized spacial score (nSPS) is 25.0. The van der Waals surface area contributed by atoms with E-state index in [0.717, 1.165) is 38.0 Å². The minimum atomic E-state index is -0.459. The minimum absolute atomic E-state index is 0.0984. The van der Waals surface area contributed by atoms with E-state index in [1.165, 1.54) is 12.7 Å². The molecular formula is C17H25NO2S. The first-order valence-corrected chi connectivity index (χ1v) is 8.74. The minimum Gasteiger partial charge on any atom is -0.468 e. The molecule has 2 unspecified atom stereocenters. The first-order chi connectivity index (χ1) is 10.2. The lowest BCUT2D eigenvalue weighted by Crippen LogP contribution is -2.51. The Bertz CT molecular complexity index is 451. The van der Waals surface area contributed by atoms with Crippen molar-refractivity contribution < 1.29 is 9.53 Å². The molecule has 1 saturated carbocycles. The number of esters is 1. The van der Waals surface area contributed by atoms with Crippen LogP contribution in [-0.4, -0.2) is 30.4 Å². The van der Waals surface area contributed by atoms with Crippen molar-refractivity contribution in [1.29, 1.82) is 0 Å². The van der Waals surface area contributed by atoms with Gasteiger partial charge in [-0.3, -0.25) is 4.79 Å². The summed E-state index contributed by atoms with van der Waals surface area (Å²) in [7, 11) is 1.49. The van der Waals surface area contributed by atoms with Crippen LogP contribution >= 0.6 is 11.8 Å². The molecule has 0 bridgehead atoms. The van der Waals surface area contributed by atoms with Gasteiger partial charge in [-0.05, 0) is 37.8 Å². The van der Waals surface area contributed by atoms with Gasteiger partial charge in [0.05, 0.1) is 7.11 Å². The van der Waals surface area contributed by atoms with Crippen molar-refractivity contribution in [1.82, 2.24) is 5.32 Å². The van der Waals surface area contributed by atoms with Crippen LogP contribution in [0, 0.1) is 0 Å². The number of hydrogen-bond acceptors (Lipinski definition) is 4. The van der Waals surface area contributed by atoms with E-state index in [4.69, 9.17) is 4.74 Å². The van der Waals surface area contributed by atoms with Gasteiger partial charge in [0.25, 0.3) is 0 Å². The number of hydrogen-bond donors (Lipinski definition) is 1. The van der Waals surface area contributed by atoms with E-state index in [-0.39, 0.29) is 5.97 Å². The first-order valence-electron chi connectivity index (χ1n) is 7.69. The van der Waals surface area contributed by atoms with Crippen LogP contribution < -0.4 is 5.32 Å². The van der Waals surface area contributed by atoms with E-state index in [0.29, 0.717) is 5.25 Å². The molecule has 0 spiro atoms. The number of thioether (sulfide) groups is 1. The van der Waals surface area contributed by atoms with Gasteiger partial charge in [0.2, 0.25) is 0 Å². The van der Waals surface area contributed by atoms with E-state index in [2.05, 4.69) is 36.5 Å². The summed E-state index contributed by atoms with van der Waals surface area (Å²) >= 11 is 1.95. The van der Waals surface area contributed by atoms with Crippen molar-refractivity contribution in [2.24, 2.45) is 0 Å². The molecule has 2 rings (SSSR count). The number of carbonyl (C=O) groups excluding carboxylic acids is 1. The van der Waals surface area contributed by atoms with E-state index in [1.54, 1.807) is 0 Å². The third kappa shape index (κ3) is 4.24. The summed E-state index contributed by atoms with van der Waals surface area (Å²) in [5.74, 6) is 0.912. The lowest BCUT2D eigenvalue weighted by Gasteiger charge is -2.27. The van der Waals surface area contributed by atoms with Gasteiger partial charge in [-0.2, -0.15) is 11.8 Å². The molecule has 0 saturated heterocycles. The van der Waals surface area contributed by atoms with Gasteiger partial charge >= 0.3 is 5.97 Å². The molecule has 0 amide bonds. The Morgan fingerprint density at radius 2 is 2.19 bits per heavy atom. The molecule has 21 heavy (non-hydrogen) atoms. The van der Waals surface area contributed by atoms with E-state index in [9.17, 15) is 4.79 Å². The molecule has 0 heterocycles. The molecule has 116 valence electrons. The van der Waals surface area contributed by atoms with Crippen molar-refractivity contribution in [3.8, 4) is 0 Å². The molecule has 1 aliphatic rings. The van der Waals surface area contributed by atoms with E-state index >= 15 is 0 Å². The molecule has 3 nitrogen and oxygen atoms in total. The second-order valence-corrected chi connectivity index (χ2v) is 6.95. The molecule has 1 fully saturated rings. The topological polar surface area (TPSA) is 38.3 Å². The maximum Gasteiger partial charge on any atom is 0.326 e. The summed E-state index contributed by atoms with van der Waals surface area (Å²) < 4.78 is 5.03. The number of methoxy groups -OCH3 is 1.